The van der Waals surface area contributed by atoms with Gasteiger partial charge in [-0.15, -0.1) is 0 Å². The lowest BCUT2D eigenvalue weighted by Gasteiger charge is -2.35. The predicted molar refractivity (Wildman–Crippen MR) is 138 cm³/mol. The van der Waals surface area contributed by atoms with Crippen LogP contribution in [0.3, 0.4) is 0 Å². The number of nitrogens with zero attached hydrogens (tertiary/aromatic N) is 3. The summed E-state index contributed by atoms with van der Waals surface area (Å²) in [5.74, 6) is 0.499. The fourth-order valence-electron chi connectivity index (χ4n) is 5.60. The molecule has 5 rings (SSSR count). The Morgan fingerprint density at radius 3 is 2.76 bits per heavy atom. The van der Waals surface area contributed by atoms with Crippen molar-refractivity contribution in [2.24, 2.45) is 11.8 Å². The number of aromatic amines is 1. The van der Waals surface area contributed by atoms with E-state index in [9.17, 15) is 9.59 Å². The highest BCUT2D eigenvalue weighted by atomic mass is 19.1. The summed E-state index contributed by atoms with van der Waals surface area (Å²) >= 11 is 0. The van der Waals surface area contributed by atoms with E-state index in [0.717, 1.165) is 25.7 Å². The van der Waals surface area contributed by atoms with Gasteiger partial charge in [-0.25, -0.2) is 14.2 Å². The number of amides is 3. The molecule has 2 aromatic heterocycles. The largest absolute Gasteiger partial charge is 0.377 e. The second-order valence-corrected chi connectivity index (χ2v) is 10.4. The number of aromatic nitrogens is 3. The van der Waals surface area contributed by atoms with Crippen LogP contribution in [-0.4, -0.2) is 58.3 Å². The first-order valence-electron chi connectivity index (χ1n) is 13.4. The van der Waals surface area contributed by atoms with Crippen molar-refractivity contribution in [2.45, 2.75) is 58.5 Å². The summed E-state index contributed by atoms with van der Waals surface area (Å²) in [6.45, 7) is 7.25. The van der Waals surface area contributed by atoms with Crippen LogP contribution < -0.4 is 10.6 Å². The third-order valence-electron chi connectivity index (χ3n) is 7.83. The fourth-order valence-corrected chi connectivity index (χ4v) is 5.60. The molecule has 0 bridgehead atoms. The molecule has 3 heterocycles. The van der Waals surface area contributed by atoms with E-state index in [2.05, 4.69) is 32.7 Å². The van der Waals surface area contributed by atoms with E-state index in [0.29, 0.717) is 53.8 Å². The lowest BCUT2D eigenvalue weighted by molar-refractivity contribution is 0.0107. The van der Waals surface area contributed by atoms with Gasteiger partial charge >= 0.3 is 6.03 Å². The molecule has 2 atom stereocenters. The number of halogens is 1. The van der Waals surface area contributed by atoms with Crippen LogP contribution in [0.4, 0.5) is 9.18 Å². The van der Waals surface area contributed by atoms with Crippen LogP contribution in [0, 0.1) is 24.6 Å². The highest BCUT2D eigenvalue weighted by Crippen LogP contribution is 2.38. The van der Waals surface area contributed by atoms with E-state index in [1.165, 1.54) is 6.26 Å². The molecule has 3 N–H and O–H groups in total. The first kappa shape index (κ1) is 26.1. The summed E-state index contributed by atoms with van der Waals surface area (Å²) in [6, 6.07) is 2.22. The van der Waals surface area contributed by atoms with Crippen LogP contribution in [0.15, 0.2) is 22.9 Å². The fraction of sp³-hybridized carbons (Fsp3) is 0.556. The number of imidazole rings is 1. The number of hydrogen-bond donors (Lipinski definition) is 3. The number of aryl methyl sites for hydroxylation is 1. The monoisotopic (exact) mass is 526 g/mol. The third-order valence-corrected chi connectivity index (χ3v) is 7.83. The third kappa shape index (κ3) is 5.11. The molecule has 3 amide bonds. The maximum absolute atomic E-state index is 16.0. The molecule has 1 aromatic carbocycles. The number of carbonyl (C=O) groups excluding carboxylic acids is 2. The Morgan fingerprint density at radius 2 is 2.05 bits per heavy atom. The van der Waals surface area contributed by atoms with Crippen molar-refractivity contribution in [2.75, 3.05) is 26.3 Å². The predicted octanol–water partition coefficient (Wildman–Crippen LogP) is 4.40. The van der Waals surface area contributed by atoms with E-state index in [1.807, 2.05) is 6.92 Å². The van der Waals surface area contributed by atoms with Crippen molar-refractivity contribution in [1.29, 1.82) is 0 Å². The number of H-pyrrole nitrogens is 1. The van der Waals surface area contributed by atoms with Crippen molar-refractivity contribution in [3.63, 3.8) is 0 Å². The highest BCUT2D eigenvalue weighted by Gasteiger charge is 2.34. The number of urea groups is 1. The van der Waals surface area contributed by atoms with Crippen molar-refractivity contribution >= 4 is 23.0 Å². The van der Waals surface area contributed by atoms with Crippen molar-refractivity contribution in [1.82, 2.24) is 30.7 Å². The van der Waals surface area contributed by atoms with E-state index in [4.69, 9.17) is 9.26 Å². The number of ether oxygens (including phenoxy) is 1. The Labute approximate surface area is 220 Å². The summed E-state index contributed by atoms with van der Waals surface area (Å²) in [7, 11) is 0. The molecule has 0 radical (unpaired) electrons. The highest BCUT2D eigenvalue weighted by molar-refractivity contribution is 5.95. The van der Waals surface area contributed by atoms with Crippen LogP contribution in [-0.2, 0) is 4.74 Å². The molecule has 1 aliphatic heterocycles. The molecule has 1 saturated heterocycles. The average molecular weight is 527 g/mol. The van der Waals surface area contributed by atoms with E-state index in [-0.39, 0.29) is 30.0 Å². The number of rotatable bonds is 6. The molecule has 1 aliphatic carbocycles. The minimum absolute atomic E-state index is 0.151. The summed E-state index contributed by atoms with van der Waals surface area (Å²) in [6.07, 6.45) is 5.31. The Hall–Kier alpha value is -3.47. The number of hydrogen-bond acceptors (Lipinski definition) is 6. The van der Waals surface area contributed by atoms with Crippen LogP contribution in [0.25, 0.3) is 11.0 Å². The van der Waals surface area contributed by atoms with Gasteiger partial charge in [-0.05, 0) is 44.6 Å². The SMILES string of the molecule is CCNC(=O)N1CCOCC1c1ccc2[nH]c(C(NC(=O)c3conc3C)C3CCC(C)CC3)nc2c1F. The molecule has 3 aromatic rings. The summed E-state index contributed by atoms with van der Waals surface area (Å²) < 4.78 is 26.5. The van der Waals surface area contributed by atoms with Crippen molar-refractivity contribution < 1.29 is 23.2 Å². The zero-order valence-electron chi connectivity index (χ0n) is 22.1. The number of nitrogens with one attached hydrogen (secondary N) is 3. The standard InChI is InChI=1S/C27H35FN6O4/c1-4-29-27(36)34-11-12-37-14-21(34)18-9-10-20-24(22(18)28)31-25(30-20)23(17-7-5-15(2)6-8-17)32-26(35)19-13-38-33-16(19)3/h9-10,13,15,17,21,23H,4-8,11-12,14H2,1-3H3,(H,29,36)(H,30,31)(H,32,35). The molecular formula is C27H35FN6O4. The van der Waals surface area contributed by atoms with Crippen LogP contribution in [0.1, 0.15) is 79.1 Å². The smallest absolute Gasteiger partial charge is 0.318 e. The molecule has 10 nitrogen and oxygen atoms in total. The maximum Gasteiger partial charge on any atom is 0.318 e. The van der Waals surface area contributed by atoms with Gasteiger partial charge in [0.15, 0.2) is 5.82 Å². The first-order chi connectivity index (χ1) is 18.4. The van der Waals surface area contributed by atoms with Gasteiger partial charge in [0.2, 0.25) is 0 Å². The van der Waals surface area contributed by atoms with E-state index >= 15 is 4.39 Å². The molecule has 1 saturated carbocycles. The van der Waals surface area contributed by atoms with Gasteiger partial charge < -0.3 is 29.8 Å². The Bertz CT molecular complexity index is 1300. The molecule has 2 unspecified atom stereocenters. The second-order valence-electron chi connectivity index (χ2n) is 10.4. The van der Waals surface area contributed by atoms with E-state index in [1.54, 1.807) is 24.0 Å². The van der Waals surface area contributed by atoms with Gasteiger partial charge in [0.1, 0.15) is 23.2 Å². The maximum atomic E-state index is 16.0. The minimum atomic E-state index is -0.563. The molecule has 2 aliphatic rings. The Balaban J connectivity index is 1.48. The summed E-state index contributed by atoms with van der Waals surface area (Å²) in [4.78, 5) is 35.3. The summed E-state index contributed by atoms with van der Waals surface area (Å²) in [5, 5.41) is 9.74. The molecule has 38 heavy (non-hydrogen) atoms. The molecule has 2 fully saturated rings. The van der Waals surface area contributed by atoms with Crippen molar-refractivity contribution in [3.05, 3.63) is 46.9 Å². The van der Waals surface area contributed by atoms with Crippen LogP contribution in [0.5, 0.6) is 0 Å². The molecule has 204 valence electrons. The zero-order valence-corrected chi connectivity index (χ0v) is 22.1. The number of morpholine rings is 1. The van der Waals surface area contributed by atoms with Crippen LogP contribution >= 0.6 is 0 Å². The van der Waals surface area contributed by atoms with Gasteiger partial charge in [-0.1, -0.05) is 31.0 Å². The van der Waals surface area contributed by atoms with Crippen LogP contribution in [0.2, 0.25) is 0 Å². The normalized spacial score (nSPS) is 22.8. The molecule has 11 heteroatoms. The quantitative estimate of drug-likeness (QED) is 0.437. The topological polar surface area (TPSA) is 125 Å². The number of benzene rings is 1. The molecule has 0 spiro atoms. The van der Waals surface area contributed by atoms with E-state index < -0.39 is 17.9 Å². The van der Waals surface area contributed by atoms with Gasteiger partial charge in [0.25, 0.3) is 5.91 Å². The molecular weight excluding hydrogens is 491 g/mol. The average Bonchev–Trinajstić information content (AvgIpc) is 3.55. The lowest BCUT2D eigenvalue weighted by Crippen LogP contribution is -2.48. The number of carbonyl (C=O) groups is 2. The number of fused-ring (bicyclic) bond motifs is 1. The van der Waals surface area contributed by atoms with Crippen molar-refractivity contribution in [3.8, 4) is 0 Å². The first-order valence-corrected chi connectivity index (χ1v) is 13.4. The van der Waals surface area contributed by atoms with Gasteiger partial charge in [0, 0.05) is 18.7 Å². The van der Waals surface area contributed by atoms with Gasteiger partial charge in [-0.2, -0.15) is 0 Å². The second kappa shape index (κ2) is 11.1. The summed E-state index contributed by atoms with van der Waals surface area (Å²) in [5.41, 5.74) is 1.95. The van der Waals surface area contributed by atoms with Gasteiger partial charge in [0.05, 0.1) is 36.5 Å². The Morgan fingerprint density at radius 1 is 1.26 bits per heavy atom. The lowest BCUT2D eigenvalue weighted by atomic mass is 9.79. The minimum Gasteiger partial charge on any atom is -0.377 e. The van der Waals surface area contributed by atoms with Gasteiger partial charge in [-0.3, -0.25) is 4.79 Å². The zero-order chi connectivity index (χ0) is 26.8. The Kier molecular flexibility index (Phi) is 7.64.